The lowest BCUT2D eigenvalue weighted by molar-refractivity contribution is 0.671. The van der Waals surface area contributed by atoms with Crippen molar-refractivity contribution in [2.24, 2.45) is 7.05 Å². The molecule has 102 valence electrons. The molecule has 0 saturated carbocycles. The van der Waals surface area contributed by atoms with Crippen LogP contribution < -0.4 is 0 Å². The zero-order chi connectivity index (χ0) is 14.0. The Bertz CT molecular complexity index is 612. The van der Waals surface area contributed by atoms with E-state index in [-0.39, 0.29) is 5.25 Å². The third-order valence-electron chi connectivity index (χ3n) is 3.19. The van der Waals surface area contributed by atoms with Crippen molar-refractivity contribution in [3.8, 4) is 0 Å². The third-order valence-corrected chi connectivity index (χ3v) is 5.12. The number of aryl methyl sites for hydroxylation is 1. The van der Waals surface area contributed by atoms with Gasteiger partial charge in [0.2, 0.25) is 0 Å². The Labute approximate surface area is 120 Å². The number of rotatable bonds is 4. The fourth-order valence-corrected chi connectivity index (χ4v) is 3.38. The molecule has 2 unspecified atom stereocenters. The molecule has 0 bridgehead atoms. The Morgan fingerprint density at radius 3 is 2.63 bits per heavy atom. The summed E-state index contributed by atoms with van der Waals surface area (Å²) in [6.45, 7) is 3.79. The quantitative estimate of drug-likeness (QED) is 0.872. The van der Waals surface area contributed by atoms with Crippen LogP contribution in [-0.2, 0) is 23.6 Å². The van der Waals surface area contributed by atoms with Gasteiger partial charge in [-0.25, -0.2) is 0 Å². The molecule has 1 heterocycles. The Morgan fingerprint density at radius 2 is 2.05 bits per heavy atom. The van der Waals surface area contributed by atoms with E-state index in [4.69, 9.17) is 11.6 Å². The summed E-state index contributed by atoms with van der Waals surface area (Å²) in [4.78, 5) is 0. The first-order chi connectivity index (χ1) is 9.00. The Morgan fingerprint density at radius 1 is 1.37 bits per heavy atom. The summed E-state index contributed by atoms with van der Waals surface area (Å²) in [5.74, 6) is 1.93. The van der Waals surface area contributed by atoms with Gasteiger partial charge in [-0.2, -0.15) is 0 Å². The Hall–Kier alpha value is -1.20. The van der Waals surface area contributed by atoms with Crippen molar-refractivity contribution in [2.45, 2.75) is 24.9 Å². The molecule has 0 N–H and O–H groups in total. The molecule has 2 atom stereocenters. The second-order valence-electron chi connectivity index (χ2n) is 4.41. The van der Waals surface area contributed by atoms with E-state index in [1.54, 1.807) is 0 Å². The SMILES string of the molecule is Cc1nnc(CS(=O)C(C)c2ccccc2Cl)n1C. The summed E-state index contributed by atoms with van der Waals surface area (Å²) in [6.07, 6.45) is 0. The van der Waals surface area contributed by atoms with Gasteiger partial charge < -0.3 is 4.57 Å². The van der Waals surface area contributed by atoms with Crippen LogP contribution in [0.1, 0.15) is 29.4 Å². The van der Waals surface area contributed by atoms with Gasteiger partial charge >= 0.3 is 0 Å². The monoisotopic (exact) mass is 297 g/mol. The molecule has 0 radical (unpaired) electrons. The van der Waals surface area contributed by atoms with Gasteiger partial charge in [0.05, 0.1) is 11.0 Å². The highest BCUT2D eigenvalue weighted by molar-refractivity contribution is 7.84. The van der Waals surface area contributed by atoms with Crippen molar-refractivity contribution in [1.29, 1.82) is 0 Å². The second-order valence-corrected chi connectivity index (χ2v) is 6.58. The third kappa shape index (κ3) is 3.04. The predicted octanol–water partition coefficient (Wildman–Crippen LogP) is 2.79. The van der Waals surface area contributed by atoms with E-state index in [0.29, 0.717) is 10.8 Å². The number of aromatic nitrogens is 3. The van der Waals surface area contributed by atoms with Crippen LogP contribution in [0, 0.1) is 6.92 Å². The maximum absolute atomic E-state index is 12.4. The molecule has 1 aromatic heterocycles. The number of hydrogen-bond acceptors (Lipinski definition) is 3. The van der Waals surface area contributed by atoms with Crippen LogP contribution in [0.15, 0.2) is 24.3 Å². The van der Waals surface area contributed by atoms with E-state index in [9.17, 15) is 4.21 Å². The van der Waals surface area contributed by atoms with Crippen LogP contribution in [0.4, 0.5) is 0 Å². The number of benzene rings is 1. The Kier molecular flexibility index (Phi) is 4.37. The average Bonchev–Trinajstić information content (AvgIpc) is 2.70. The maximum atomic E-state index is 12.4. The summed E-state index contributed by atoms with van der Waals surface area (Å²) >= 11 is 6.13. The summed E-state index contributed by atoms with van der Waals surface area (Å²) in [5, 5.41) is 8.53. The van der Waals surface area contributed by atoms with E-state index in [0.717, 1.165) is 17.2 Å². The topological polar surface area (TPSA) is 47.8 Å². The minimum atomic E-state index is -1.08. The molecule has 0 spiro atoms. The molecule has 0 amide bonds. The van der Waals surface area contributed by atoms with E-state index in [1.807, 2.05) is 49.7 Å². The first-order valence-electron chi connectivity index (χ1n) is 5.97. The normalized spacial score (nSPS) is 14.3. The highest BCUT2D eigenvalue weighted by atomic mass is 35.5. The molecule has 0 aliphatic heterocycles. The predicted molar refractivity (Wildman–Crippen MR) is 77.5 cm³/mol. The van der Waals surface area contributed by atoms with E-state index < -0.39 is 10.8 Å². The van der Waals surface area contributed by atoms with Gasteiger partial charge in [-0.3, -0.25) is 4.21 Å². The number of hydrogen-bond donors (Lipinski definition) is 0. The zero-order valence-corrected chi connectivity index (χ0v) is 12.7. The standard InChI is InChI=1S/C13H16ClN3OS/c1-9(11-6-4-5-7-12(11)14)19(18)8-13-16-15-10(2)17(13)3/h4-7,9H,8H2,1-3H3. The molecule has 2 aromatic rings. The maximum Gasteiger partial charge on any atom is 0.145 e. The van der Waals surface area contributed by atoms with Crippen molar-refractivity contribution < 1.29 is 4.21 Å². The fourth-order valence-electron chi connectivity index (χ4n) is 1.78. The van der Waals surface area contributed by atoms with Gasteiger partial charge in [0.25, 0.3) is 0 Å². The van der Waals surface area contributed by atoms with Crippen LogP contribution in [0.25, 0.3) is 0 Å². The van der Waals surface area contributed by atoms with Crippen molar-refractivity contribution in [2.75, 3.05) is 0 Å². The molecule has 4 nitrogen and oxygen atoms in total. The smallest absolute Gasteiger partial charge is 0.145 e. The molecule has 0 saturated heterocycles. The van der Waals surface area contributed by atoms with E-state index >= 15 is 0 Å². The first-order valence-corrected chi connectivity index (χ1v) is 7.73. The molecule has 0 fully saturated rings. The van der Waals surface area contributed by atoms with Crippen molar-refractivity contribution in [3.63, 3.8) is 0 Å². The second kappa shape index (κ2) is 5.84. The Balaban J connectivity index is 2.17. The summed E-state index contributed by atoms with van der Waals surface area (Å²) in [6, 6.07) is 7.50. The molecule has 0 aliphatic rings. The van der Waals surface area contributed by atoms with Gasteiger partial charge in [0.1, 0.15) is 11.6 Å². The molecular weight excluding hydrogens is 282 g/mol. The lowest BCUT2D eigenvalue weighted by Crippen LogP contribution is -2.09. The minimum absolute atomic E-state index is 0.134. The largest absolute Gasteiger partial charge is 0.318 e. The average molecular weight is 298 g/mol. The minimum Gasteiger partial charge on any atom is -0.318 e. The zero-order valence-electron chi connectivity index (χ0n) is 11.1. The van der Waals surface area contributed by atoms with Gasteiger partial charge in [0.15, 0.2) is 0 Å². The van der Waals surface area contributed by atoms with Gasteiger partial charge in [0, 0.05) is 22.9 Å². The van der Waals surface area contributed by atoms with Crippen LogP contribution in [0.3, 0.4) is 0 Å². The van der Waals surface area contributed by atoms with Crippen molar-refractivity contribution >= 4 is 22.4 Å². The van der Waals surface area contributed by atoms with Gasteiger partial charge in [-0.05, 0) is 25.5 Å². The molecular formula is C13H16ClN3OS. The van der Waals surface area contributed by atoms with Crippen LogP contribution >= 0.6 is 11.6 Å². The van der Waals surface area contributed by atoms with Crippen LogP contribution in [-0.4, -0.2) is 19.0 Å². The van der Waals surface area contributed by atoms with Gasteiger partial charge in [-0.1, -0.05) is 29.8 Å². The lowest BCUT2D eigenvalue weighted by Gasteiger charge is -2.13. The van der Waals surface area contributed by atoms with Crippen molar-refractivity contribution in [1.82, 2.24) is 14.8 Å². The molecule has 6 heteroatoms. The molecule has 1 aromatic carbocycles. The summed E-state index contributed by atoms with van der Waals surface area (Å²) < 4.78 is 14.3. The first kappa shape index (κ1) is 14.2. The molecule has 0 aliphatic carbocycles. The van der Waals surface area contributed by atoms with E-state index in [1.165, 1.54) is 0 Å². The van der Waals surface area contributed by atoms with Crippen molar-refractivity contribution in [3.05, 3.63) is 46.5 Å². The lowest BCUT2D eigenvalue weighted by atomic mass is 10.2. The van der Waals surface area contributed by atoms with Crippen LogP contribution in [0.5, 0.6) is 0 Å². The summed E-state index contributed by atoms with van der Waals surface area (Å²) in [7, 11) is 0.795. The number of nitrogens with zero attached hydrogens (tertiary/aromatic N) is 3. The molecule has 2 rings (SSSR count). The number of halogens is 1. The fraction of sp³-hybridized carbons (Fsp3) is 0.385. The van der Waals surface area contributed by atoms with Gasteiger partial charge in [-0.15, -0.1) is 10.2 Å². The highest BCUT2D eigenvalue weighted by Gasteiger charge is 2.18. The molecule has 19 heavy (non-hydrogen) atoms. The summed E-state index contributed by atoms with van der Waals surface area (Å²) in [5.41, 5.74) is 0.904. The van der Waals surface area contributed by atoms with Crippen LogP contribution in [0.2, 0.25) is 5.02 Å². The highest BCUT2D eigenvalue weighted by Crippen LogP contribution is 2.27. The van der Waals surface area contributed by atoms with E-state index in [2.05, 4.69) is 10.2 Å².